The largest absolute Gasteiger partial charge is 0.495 e. The van der Waals surface area contributed by atoms with Crippen LogP contribution >= 0.6 is 27.7 Å². The first kappa shape index (κ1) is 18.3. The number of hydrogen-bond donors (Lipinski definition) is 1. The molecular formula is C16H15BrN2O4S. The number of carbonyl (C=O) groups is 1. The van der Waals surface area contributed by atoms with E-state index in [0.29, 0.717) is 5.75 Å². The molecule has 126 valence electrons. The lowest BCUT2D eigenvalue weighted by Gasteiger charge is -2.14. The van der Waals surface area contributed by atoms with Crippen LogP contribution in [-0.4, -0.2) is 23.2 Å². The molecule has 0 aliphatic carbocycles. The number of hydrogen-bond acceptors (Lipinski definition) is 5. The second-order valence-electron chi connectivity index (χ2n) is 4.84. The van der Waals surface area contributed by atoms with Crippen LogP contribution in [0.15, 0.2) is 51.8 Å². The lowest BCUT2D eigenvalue weighted by Crippen LogP contribution is -2.22. The molecule has 1 amide bonds. The quantitative estimate of drug-likeness (QED) is 0.431. The zero-order valence-electron chi connectivity index (χ0n) is 13.0. The number of nitro groups is 1. The second kappa shape index (κ2) is 8.16. The highest BCUT2D eigenvalue weighted by molar-refractivity contribution is 9.10. The van der Waals surface area contributed by atoms with Crippen LogP contribution in [0.2, 0.25) is 0 Å². The predicted octanol–water partition coefficient (Wildman–Crippen LogP) is 4.49. The molecule has 0 aliphatic rings. The van der Waals surface area contributed by atoms with Gasteiger partial charge in [-0.2, -0.15) is 0 Å². The van der Waals surface area contributed by atoms with Crippen molar-refractivity contribution in [2.45, 2.75) is 17.1 Å². The maximum Gasteiger partial charge on any atom is 0.271 e. The minimum Gasteiger partial charge on any atom is -0.495 e. The summed E-state index contributed by atoms with van der Waals surface area (Å²) in [6.07, 6.45) is 0. The number of nitrogens with zero attached hydrogens (tertiary/aromatic N) is 1. The fourth-order valence-corrected chi connectivity index (χ4v) is 3.04. The molecule has 0 aromatic heterocycles. The van der Waals surface area contributed by atoms with Crippen molar-refractivity contribution in [1.82, 2.24) is 0 Å². The van der Waals surface area contributed by atoms with Crippen LogP contribution in [0.4, 0.5) is 11.4 Å². The van der Waals surface area contributed by atoms with Gasteiger partial charge in [0.1, 0.15) is 5.75 Å². The number of ether oxygens (including phenoxy) is 1. The number of anilines is 1. The third-order valence-corrected chi connectivity index (χ3v) is 4.79. The SMILES string of the molecule is COc1ccc([N+](=O)[O-])cc1NC(=O)[C@@H](C)Sc1ccc(Br)cc1. The molecule has 2 aromatic rings. The van der Waals surface area contributed by atoms with Gasteiger partial charge in [0.25, 0.3) is 5.69 Å². The Hall–Kier alpha value is -2.06. The van der Waals surface area contributed by atoms with Gasteiger partial charge in [-0.1, -0.05) is 15.9 Å². The minimum atomic E-state index is -0.519. The van der Waals surface area contributed by atoms with Crippen LogP contribution in [0.3, 0.4) is 0 Å². The smallest absolute Gasteiger partial charge is 0.271 e. The number of methoxy groups -OCH3 is 1. The minimum absolute atomic E-state index is 0.112. The molecule has 0 fully saturated rings. The Kier molecular flexibility index (Phi) is 6.22. The zero-order valence-corrected chi connectivity index (χ0v) is 15.4. The maximum absolute atomic E-state index is 12.4. The van der Waals surface area contributed by atoms with E-state index in [1.807, 2.05) is 24.3 Å². The number of rotatable bonds is 6. The van der Waals surface area contributed by atoms with Gasteiger partial charge in [0.05, 0.1) is 23.0 Å². The fourth-order valence-electron chi connectivity index (χ4n) is 1.91. The maximum atomic E-state index is 12.4. The average Bonchev–Trinajstić information content (AvgIpc) is 2.56. The summed E-state index contributed by atoms with van der Waals surface area (Å²) in [6, 6.07) is 11.7. The van der Waals surface area contributed by atoms with E-state index in [1.54, 1.807) is 6.92 Å². The monoisotopic (exact) mass is 410 g/mol. The topological polar surface area (TPSA) is 81.5 Å². The van der Waals surface area contributed by atoms with Crippen molar-refractivity contribution in [3.63, 3.8) is 0 Å². The number of thioether (sulfide) groups is 1. The zero-order chi connectivity index (χ0) is 17.7. The van der Waals surface area contributed by atoms with Crippen LogP contribution in [0.5, 0.6) is 5.75 Å². The van der Waals surface area contributed by atoms with Crippen LogP contribution < -0.4 is 10.1 Å². The third kappa shape index (κ3) is 4.72. The third-order valence-electron chi connectivity index (χ3n) is 3.15. The van der Waals surface area contributed by atoms with Gasteiger partial charge < -0.3 is 10.1 Å². The Morgan fingerprint density at radius 1 is 1.29 bits per heavy atom. The summed E-state index contributed by atoms with van der Waals surface area (Å²) in [5.74, 6) is 0.108. The first-order valence-electron chi connectivity index (χ1n) is 6.96. The van der Waals surface area contributed by atoms with E-state index in [-0.39, 0.29) is 22.5 Å². The fraction of sp³-hybridized carbons (Fsp3) is 0.188. The molecule has 8 heteroatoms. The number of nitro benzene ring substituents is 1. The highest BCUT2D eigenvalue weighted by Crippen LogP contribution is 2.31. The summed E-state index contributed by atoms with van der Waals surface area (Å²) in [6.45, 7) is 1.77. The second-order valence-corrected chi connectivity index (χ2v) is 7.17. The lowest BCUT2D eigenvalue weighted by atomic mass is 10.2. The molecule has 0 saturated heterocycles. The van der Waals surface area contributed by atoms with Gasteiger partial charge >= 0.3 is 0 Å². The number of amides is 1. The number of carbonyl (C=O) groups excluding carboxylic acids is 1. The Labute approximate surface area is 151 Å². The van der Waals surface area contributed by atoms with Gasteiger partial charge in [0.2, 0.25) is 5.91 Å². The average molecular weight is 411 g/mol. The summed E-state index contributed by atoms with van der Waals surface area (Å²) >= 11 is 4.76. The highest BCUT2D eigenvalue weighted by Gasteiger charge is 2.18. The van der Waals surface area contributed by atoms with E-state index in [9.17, 15) is 14.9 Å². The first-order valence-corrected chi connectivity index (χ1v) is 8.63. The summed E-state index contributed by atoms with van der Waals surface area (Å²) < 4.78 is 6.11. The Balaban J connectivity index is 2.11. The Morgan fingerprint density at radius 2 is 1.96 bits per heavy atom. The summed E-state index contributed by atoms with van der Waals surface area (Å²) in [5.41, 5.74) is 0.166. The molecule has 0 radical (unpaired) electrons. The standard InChI is InChI=1S/C16H15BrN2O4S/c1-10(24-13-6-3-11(17)4-7-13)16(20)18-14-9-12(19(21)22)5-8-15(14)23-2/h3-10H,1-2H3,(H,18,20)/t10-/m1/s1. The van der Waals surface area contributed by atoms with E-state index < -0.39 is 4.92 Å². The van der Waals surface area contributed by atoms with E-state index in [2.05, 4.69) is 21.2 Å². The molecule has 1 atom stereocenters. The van der Waals surface area contributed by atoms with Gasteiger partial charge in [0, 0.05) is 21.5 Å². The Bertz CT molecular complexity index is 752. The van der Waals surface area contributed by atoms with Crippen molar-refractivity contribution < 1.29 is 14.5 Å². The highest BCUT2D eigenvalue weighted by atomic mass is 79.9. The molecule has 24 heavy (non-hydrogen) atoms. The van der Waals surface area contributed by atoms with Gasteiger partial charge in [-0.05, 0) is 37.3 Å². The number of benzene rings is 2. The molecule has 0 unspecified atom stereocenters. The first-order chi connectivity index (χ1) is 11.4. The molecule has 0 heterocycles. The van der Waals surface area contributed by atoms with Crippen LogP contribution in [0.25, 0.3) is 0 Å². The lowest BCUT2D eigenvalue weighted by molar-refractivity contribution is -0.384. The number of halogens is 1. The van der Waals surface area contributed by atoms with Crippen LogP contribution in [-0.2, 0) is 4.79 Å². The van der Waals surface area contributed by atoms with Crippen molar-refractivity contribution >= 4 is 45.0 Å². The van der Waals surface area contributed by atoms with E-state index in [4.69, 9.17) is 4.74 Å². The van der Waals surface area contributed by atoms with Crippen molar-refractivity contribution in [3.05, 3.63) is 57.1 Å². The molecule has 2 rings (SSSR count). The van der Waals surface area contributed by atoms with Crippen molar-refractivity contribution in [3.8, 4) is 5.75 Å². The molecule has 6 nitrogen and oxygen atoms in total. The van der Waals surface area contributed by atoms with Crippen LogP contribution in [0.1, 0.15) is 6.92 Å². The van der Waals surface area contributed by atoms with Crippen molar-refractivity contribution in [1.29, 1.82) is 0 Å². The van der Waals surface area contributed by atoms with Gasteiger partial charge in [-0.25, -0.2) is 0 Å². The number of nitrogens with one attached hydrogen (secondary N) is 1. The predicted molar refractivity (Wildman–Crippen MR) is 97.7 cm³/mol. The van der Waals surface area contributed by atoms with E-state index in [1.165, 1.54) is 37.1 Å². The van der Waals surface area contributed by atoms with Gasteiger partial charge in [-0.3, -0.25) is 14.9 Å². The number of non-ortho nitro benzene ring substituents is 1. The molecule has 0 bridgehead atoms. The van der Waals surface area contributed by atoms with Crippen molar-refractivity contribution in [2.24, 2.45) is 0 Å². The van der Waals surface area contributed by atoms with E-state index >= 15 is 0 Å². The summed E-state index contributed by atoms with van der Waals surface area (Å²) in [4.78, 5) is 23.7. The molecule has 2 aromatic carbocycles. The normalized spacial score (nSPS) is 11.6. The molecule has 0 aliphatic heterocycles. The molecule has 1 N–H and O–H groups in total. The van der Waals surface area contributed by atoms with Gasteiger partial charge in [0.15, 0.2) is 0 Å². The van der Waals surface area contributed by atoms with Crippen LogP contribution in [0, 0.1) is 10.1 Å². The summed E-state index contributed by atoms with van der Waals surface area (Å²) in [7, 11) is 1.44. The van der Waals surface area contributed by atoms with Crippen molar-refractivity contribution in [2.75, 3.05) is 12.4 Å². The molecule has 0 saturated carbocycles. The van der Waals surface area contributed by atoms with E-state index in [0.717, 1.165) is 9.37 Å². The molecule has 0 spiro atoms. The molecular weight excluding hydrogens is 396 g/mol. The van der Waals surface area contributed by atoms with Gasteiger partial charge in [-0.15, -0.1) is 11.8 Å². The Morgan fingerprint density at radius 3 is 2.54 bits per heavy atom. The summed E-state index contributed by atoms with van der Waals surface area (Å²) in [5, 5.41) is 13.2.